The van der Waals surface area contributed by atoms with Gasteiger partial charge in [-0.1, -0.05) is 6.92 Å². The van der Waals surface area contributed by atoms with Crippen molar-refractivity contribution in [3.8, 4) is 5.88 Å². The summed E-state index contributed by atoms with van der Waals surface area (Å²) in [5, 5.41) is 0. The highest BCUT2D eigenvalue weighted by Gasteiger charge is 2.16. The van der Waals surface area contributed by atoms with Gasteiger partial charge < -0.3 is 20.3 Å². The average Bonchev–Trinajstić information content (AvgIpc) is 2.53. The number of guanidine groups is 1. The quantitative estimate of drug-likeness (QED) is 0.637. The molecular weight excluding hydrogens is 290 g/mol. The molecule has 1 aromatic rings. The molecule has 1 fully saturated rings. The van der Waals surface area contributed by atoms with Crippen molar-refractivity contribution in [1.82, 2.24) is 14.8 Å². The van der Waals surface area contributed by atoms with Gasteiger partial charge in [0.1, 0.15) is 6.61 Å². The molecule has 0 aromatic carbocycles. The van der Waals surface area contributed by atoms with Crippen LogP contribution in [0.3, 0.4) is 0 Å². The number of aromatic nitrogens is 1. The summed E-state index contributed by atoms with van der Waals surface area (Å²) in [6.45, 7) is 6.35. The van der Waals surface area contributed by atoms with E-state index in [9.17, 15) is 0 Å². The fourth-order valence-corrected chi connectivity index (χ4v) is 2.47. The molecule has 128 valence electrons. The zero-order valence-corrected chi connectivity index (χ0v) is 14.5. The third-order valence-corrected chi connectivity index (χ3v) is 4.12. The van der Waals surface area contributed by atoms with Crippen LogP contribution in [0.25, 0.3) is 0 Å². The van der Waals surface area contributed by atoms with Crippen LogP contribution >= 0.6 is 0 Å². The Kier molecular flexibility index (Phi) is 6.65. The van der Waals surface area contributed by atoms with Gasteiger partial charge in [0.15, 0.2) is 5.96 Å². The van der Waals surface area contributed by atoms with Gasteiger partial charge in [-0.05, 0) is 44.5 Å². The van der Waals surface area contributed by atoms with Crippen LogP contribution in [0.5, 0.6) is 5.88 Å². The van der Waals surface area contributed by atoms with E-state index in [2.05, 4.69) is 26.7 Å². The summed E-state index contributed by atoms with van der Waals surface area (Å²) < 4.78 is 5.65. The van der Waals surface area contributed by atoms with E-state index in [0.717, 1.165) is 31.1 Å². The SMILES string of the molecule is CC1CCN(C(N)=NCc2ccnc(OCCN(C)C)c2)CC1. The van der Waals surface area contributed by atoms with Crippen LogP contribution in [0, 0.1) is 5.92 Å². The standard InChI is InChI=1S/C17H29N5O/c1-14-5-8-22(9-6-14)17(18)20-13-15-4-7-19-16(12-15)23-11-10-21(2)3/h4,7,12,14H,5-6,8-11,13H2,1-3H3,(H2,18,20). The molecule has 0 aliphatic carbocycles. The van der Waals surface area contributed by atoms with Crippen molar-refractivity contribution in [3.63, 3.8) is 0 Å². The van der Waals surface area contributed by atoms with Gasteiger partial charge in [0.05, 0.1) is 6.54 Å². The van der Waals surface area contributed by atoms with E-state index < -0.39 is 0 Å². The number of pyridine rings is 1. The van der Waals surface area contributed by atoms with Crippen molar-refractivity contribution in [1.29, 1.82) is 0 Å². The van der Waals surface area contributed by atoms with Gasteiger partial charge in [-0.25, -0.2) is 9.98 Å². The maximum atomic E-state index is 6.12. The van der Waals surface area contributed by atoms with E-state index in [1.807, 2.05) is 26.2 Å². The molecule has 1 aromatic heterocycles. The normalized spacial score (nSPS) is 16.9. The number of nitrogens with two attached hydrogens (primary N) is 1. The molecule has 0 radical (unpaired) electrons. The van der Waals surface area contributed by atoms with Gasteiger partial charge in [0.2, 0.25) is 5.88 Å². The van der Waals surface area contributed by atoms with E-state index in [-0.39, 0.29) is 0 Å². The first kappa shape index (κ1) is 17.5. The number of aliphatic imine (C=N–C) groups is 1. The number of hydrogen-bond acceptors (Lipinski definition) is 4. The van der Waals surface area contributed by atoms with Crippen molar-refractivity contribution < 1.29 is 4.74 Å². The third-order valence-electron chi connectivity index (χ3n) is 4.12. The summed E-state index contributed by atoms with van der Waals surface area (Å²) in [7, 11) is 4.04. The highest BCUT2D eigenvalue weighted by molar-refractivity contribution is 5.78. The zero-order chi connectivity index (χ0) is 16.7. The maximum absolute atomic E-state index is 6.12. The van der Waals surface area contributed by atoms with E-state index in [1.54, 1.807) is 6.20 Å². The molecule has 0 unspecified atom stereocenters. The van der Waals surface area contributed by atoms with E-state index in [1.165, 1.54) is 12.8 Å². The van der Waals surface area contributed by atoms with Gasteiger partial charge in [0.25, 0.3) is 0 Å². The molecule has 0 atom stereocenters. The molecule has 0 spiro atoms. The van der Waals surface area contributed by atoms with E-state index in [0.29, 0.717) is 25.0 Å². The minimum atomic E-state index is 0.560. The third kappa shape index (κ3) is 6.06. The smallest absolute Gasteiger partial charge is 0.213 e. The van der Waals surface area contributed by atoms with Crippen LogP contribution in [0.4, 0.5) is 0 Å². The largest absolute Gasteiger partial charge is 0.476 e. The number of likely N-dealkylation sites (N-methyl/N-ethyl adjacent to an activating group) is 1. The lowest BCUT2D eigenvalue weighted by Gasteiger charge is -2.31. The van der Waals surface area contributed by atoms with Crippen LogP contribution in [-0.4, -0.2) is 61.1 Å². The number of nitrogens with zero attached hydrogens (tertiary/aromatic N) is 4. The second-order valence-electron chi connectivity index (χ2n) is 6.50. The minimum Gasteiger partial charge on any atom is -0.476 e. The van der Waals surface area contributed by atoms with Crippen molar-refractivity contribution in [2.75, 3.05) is 40.3 Å². The van der Waals surface area contributed by atoms with E-state index >= 15 is 0 Å². The molecule has 1 saturated heterocycles. The second kappa shape index (κ2) is 8.72. The Labute approximate surface area is 139 Å². The Hall–Kier alpha value is -1.82. The number of ether oxygens (including phenoxy) is 1. The first-order valence-electron chi connectivity index (χ1n) is 8.32. The Morgan fingerprint density at radius 3 is 2.87 bits per heavy atom. The van der Waals surface area contributed by atoms with Crippen LogP contribution in [0.2, 0.25) is 0 Å². The van der Waals surface area contributed by atoms with Crippen LogP contribution in [0.15, 0.2) is 23.3 Å². The lowest BCUT2D eigenvalue weighted by atomic mass is 10.00. The molecule has 1 aliphatic rings. The molecule has 0 saturated carbocycles. The van der Waals surface area contributed by atoms with Crippen molar-refractivity contribution in [2.45, 2.75) is 26.3 Å². The monoisotopic (exact) mass is 319 g/mol. The van der Waals surface area contributed by atoms with Gasteiger partial charge in [-0.3, -0.25) is 0 Å². The Balaban J connectivity index is 1.85. The fourth-order valence-electron chi connectivity index (χ4n) is 2.47. The first-order chi connectivity index (χ1) is 11.0. The zero-order valence-electron chi connectivity index (χ0n) is 14.5. The summed E-state index contributed by atoms with van der Waals surface area (Å²) in [5.41, 5.74) is 7.18. The molecule has 6 nitrogen and oxygen atoms in total. The van der Waals surface area contributed by atoms with E-state index in [4.69, 9.17) is 10.5 Å². The summed E-state index contributed by atoms with van der Waals surface area (Å²) in [5.74, 6) is 2.08. The summed E-state index contributed by atoms with van der Waals surface area (Å²) in [4.78, 5) is 13.0. The first-order valence-corrected chi connectivity index (χ1v) is 8.32. The summed E-state index contributed by atoms with van der Waals surface area (Å²) >= 11 is 0. The molecule has 0 amide bonds. The average molecular weight is 319 g/mol. The lowest BCUT2D eigenvalue weighted by Crippen LogP contribution is -2.42. The molecule has 6 heteroatoms. The van der Waals surface area contributed by atoms with Crippen molar-refractivity contribution in [2.24, 2.45) is 16.6 Å². The summed E-state index contributed by atoms with van der Waals surface area (Å²) in [6, 6.07) is 3.89. The highest BCUT2D eigenvalue weighted by Crippen LogP contribution is 2.16. The number of piperidine rings is 1. The Morgan fingerprint density at radius 1 is 1.43 bits per heavy atom. The highest BCUT2D eigenvalue weighted by atomic mass is 16.5. The Morgan fingerprint density at radius 2 is 2.17 bits per heavy atom. The van der Waals surface area contributed by atoms with Crippen LogP contribution < -0.4 is 10.5 Å². The minimum absolute atomic E-state index is 0.560. The molecule has 2 heterocycles. The number of hydrogen-bond donors (Lipinski definition) is 1. The van der Waals surface area contributed by atoms with Gasteiger partial charge in [-0.15, -0.1) is 0 Å². The molecule has 2 rings (SSSR count). The molecule has 0 bridgehead atoms. The Bertz CT molecular complexity index is 509. The van der Waals surface area contributed by atoms with Gasteiger partial charge >= 0.3 is 0 Å². The molecule has 2 N–H and O–H groups in total. The molecular formula is C17H29N5O. The fraction of sp³-hybridized carbons (Fsp3) is 0.647. The summed E-state index contributed by atoms with van der Waals surface area (Å²) in [6.07, 6.45) is 4.14. The van der Waals surface area contributed by atoms with Crippen LogP contribution in [-0.2, 0) is 6.54 Å². The predicted octanol–water partition coefficient (Wildman–Crippen LogP) is 1.57. The maximum Gasteiger partial charge on any atom is 0.213 e. The van der Waals surface area contributed by atoms with Crippen LogP contribution in [0.1, 0.15) is 25.3 Å². The van der Waals surface area contributed by atoms with Crippen molar-refractivity contribution >= 4 is 5.96 Å². The lowest BCUT2D eigenvalue weighted by molar-refractivity contribution is 0.253. The molecule has 1 aliphatic heterocycles. The van der Waals surface area contributed by atoms with Crippen molar-refractivity contribution in [3.05, 3.63) is 23.9 Å². The topological polar surface area (TPSA) is 67.0 Å². The molecule has 23 heavy (non-hydrogen) atoms. The van der Waals surface area contributed by atoms with Gasteiger partial charge in [0, 0.05) is 31.9 Å². The second-order valence-corrected chi connectivity index (χ2v) is 6.50. The number of likely N-dealkylation sites (tertiary alicyclic amines) is 1. The van der Waals surface area contributed by atoms with Gasteiger partial charge in [-0.2, -0.15) is 0 Å². The predicted molar refractivity (Wildman–Crippen MR) is 93.6 cm³/mol. The number of rotatable bonds is 6.